The largest absolute Gasteiger partial charge is 0.487 e. The number of nitrogens with zero attached hydrogens (tertiary/aromatic N) is 1. The fourth-order valence-corrected chi connectivity index (χ4v) is 4.16. The fourth-order valence-electron chi connectivity index (χ4n) is 4.16. The van der Waals surface area contributed by atoms with E-state index in [9.17, 15) is 28.6 Å². The molecule has 0 bridgehead atoms. The Bertz CT molecular complexity index is 1300. The van der Waals surface area contributed by atoms with Crippen LogP contribution >= 0.6 is 12.4 Å². The van der Waals surface area contributed by atoms with Crippen molar-refractivity contribution in [2.45, 2.75) is 38.1 Å². The molecule has 2 atom stereocenters. The van der Waals surface area contributed by atoms with Crippen LogP contribution in [-0.4, -0.2) is 52.2 Å². The summed E-state index contributed by atoms with van der Waals surface area (Å²) in [6, 6.07) is 9.23. The molecule has 36 heavy (non-hydrogen) atoms. The third kappa shape index (κ3) is 5.52. The Morgan fingerprint density at radius 3 is 2.64 bits per heavy atom. The van der Waals surface area contributed by atoms with Gasteiger partial charge in [-0.3, -0.25) is 4.79 Å². The van der Waals surface area contributed by atoms with Gasteiger partial charge in [0.25, 0.3) is 0 Å². The van der Waals surface area contributed by atoms with Gasteiger partial charge in [-0.2, -0.15) is 4.39 Å². The molecule has 1 aliphatic heterocycles. The van der Waals surface area contributed by atoms with Crippen LogP contribution in [0.15, 0.2) is 47.4 Å². The maximum atomic E-state index is 14.8. The number of β-amino-alcohol motifs (C(OH)–C–C–N with tert-alkyl or cyclic N) is 1. The van der Waals surface area contributed by atoms with Gasteiger partial charge >= 0.3 is 5.97 Å². The predicted octanol–water partition coefficient (Wildman–Crippen LogP) is 2.54. The van der Waals surface area contributed by atoms with Gasteiger partial charge in [0.05, 0.1) is 17.5 Å². The minimum absolute atomic E-state index is 0. The van der Waals surface area contributed by atoms with Crippen molar-refractivity contribution in [1.82, 2.24) is 9.88 Å². The number of aliphatic hydroxyl groups excluding tert-OH is 1. The maximum absolute atomic E-state index is 14.8. The van der Waals surface area contributed by atoms with Gasteiger partial charge in [-0.1, -0.05) is 30.3 Å². The number of benzene rings is 2. The molecule has 1 fully saturated rings. The summed E-state index contributed by atoms with van der Waals surface area (Å²) in [5, 5.41) is 22.2. The molecule has 0 aliphatic carbocycles. The van der Waals surface area contributed by atoms with Crippen LogP contribution < -0.4 is 15.5 Å². The smallest absolute Gasteiger partial charge is 0.343 e. The number of nitrogens with one attached hydrogen (secondary N) is 1. The number of pyridine rings is 1. The number of halogens is 3. The first-order valence-electron chi connectivity index (χ1n) is 11.2. The van der Waals surface area contributed by atoms with E-state index in [1.54, 1.807) is 31.2 Å². The summed E-state index contributed by atoms with van der Waals surface area (Å²) in [7, 11) is 0. The number of hydrogen-bond acceptors (Lipinski definition) is 7. The number of hydrogen-bond donors (Lipinski definition) is 3. The Hall–Kier alpha value is -3.05. The number of esters is 1. The second-order valence-electron chi connectivity index (χ2n) is 8.59. The molecule has 1 aliphatic rings. The van der Waals surface area contributed by atoms with Crippen molar-refractivity contribution in [1.29, 1.82) is 0 Å². The van der Waals surface area contributed by atoms with E-state index < -0.39 is 47.0 Å². The van der Waals surface area contributed by atoms with Gasteiger partial charge in [-0.05, 0) is 25.0 Å². The van der Waals surface area contributed by atoms with E-state index in [2.05, 4.69) is 5.32 Å². The normalized spacial score (nSPS) is 19.2. The lowest BCUT2D eigenvalue weighted by Gasteiger charge is -2.19. The predicted molar refractivity (Wildman–Crippen MR) is 131 cm³/mol. The molecular formula is C25H27ClF2N2O6. The standard InChI is InChI=1S/C25H26F2N2O6.ClH/c1-2-29-10-18(24(32)35-11-15-6-4-3-5-7-15)22(31)17-8-19(26)20(27)23(21(17)29)34-12-16-9-25(33,14-30)13-28-16;/h3-8,10,16,28,30,33H,2,9,11-14H2,1H3;1H/t16-,25-;/m0./s1. The minimum Gasteiger partial charge on any atom is -0.487 e. The summed E-state index contributed by atoms with van der Waals surface area (Å²) in [6.07, 6.45) is 1.40. The van der Waals surface area contributed by atoms with E-state index in [4.69, 9.17) is 9.47 Å². The molecule has 3 aromatic rings. The molecule has 0 unspecified atom stereocenters. The molecule has 8 nitrogen and oxygen atoms in total. The molecule has 2 aromatic carbocycles. The molecule has 0 amide bonds. The van der Waals surface area contributed by atoms with Crippen molar-refractivity contribution < 1.29 is 33.3 Å². The summed E-state index contributed by atoms with van der Waals surface area (Å²) in [5.41, 5.74) is -1.70. The van der Waals surface area contributed by atoms with Crippen molar-refractivity contribution in [3.05, 3.63) is 75.6 Å². The van der Waals surface area contributed by atoms with Crippen LogP contribution in [0, 0.1) is 11.6 Å². The summed E-state index contributed by atoms with van der Waals surface area (Å²) >= 11 is 0. The van der Waals surface area contributed by atoms with E-state index in [0.29, 0.717) is 0 Å². The molecule has 194 valence electrons. The van der Waals surface area contributed by atoms with Gasteiger partial charge < -0.3 is 29.6 Å². The number of rotatable bonds is 8. The molecule has 0 saturated carbocycles. The van der Waals surface area contributed by atoms with E-state index in [1.165, 1.54) is 10.8 Å². The molecule has 0 spiro atoms. The van der Waals surface area contributed by atoms with Crippen molar-refractivity contribution in [2.75, 3.05) is 19.8 Å². The Morgan fingerprint density at radius 2 is 2.00 bits per heavy atom. The molecule has 3 N–H and O–H groups in total. The summed E-state index contributed by atoms with van der Waals surface area (Å²) in [6.45, 7) is 1.42. The lowest BCUT2D eigenvalue weighted by molar-refractivity contribution is 0.000243. The Labute approximate surface area is 211 Å². The van der Waals surface area contributed by atoms with Gasteiger partial charge in [0.1, 0.15) is 24.4 Å². The van der Waals surface area contributed by atoms with E-state index in [1.807, 2.05) is 6.07 Å². The van der Waals surface area contributed by atoms with Crippen LogP contribution in [-0.2, 0) is 17.9 Å². The van der Waals surface area contributed by atoms with E-state index in [0.717, 1.165) is 11.6 Å². The second-order valence-corrected chi connectivity index (χ2v) is 8.59. The third-order valence-electron chi connectivity index (χ3n) is 6.05. The number of aromatic nitrogens is 1. The first kappa shape index (κ1) is 27.5. The first-order valence-corrected chi connectivity index (χ1v) is 11.2. The lowest BCUT2D eigenvalue weighted by atomic mass is 10.0. The molecule has 1 saturated heterocycles. The van der Waals surface area contributed by atoms with Crippen LogP contribution in [0.25, 0.3) is 10.9 Å². The monoisotopic (exact) mass is 524 g/mol. The second kappa shape index (κ2) is 11.3. The summed E-state index contributed by atoms with van der Waals surface area (Å²) in [4.78, 5) is 25.8. The highest BCUT2D eigenvalue weighted by atomic mass is 35.5. The Kier molecular flexibility index (Phi) is 8.67. The number of carbonyl (C=O) groups is 1. The van der Waals surface area contributed by atoms with Crippen LogP contribution in [0.1, 0.15) is 29.3 Å². The zero-order valence-corrected chi connectivity index (χ0v) is 20.3. The van der Waals surface area contributed by atoms with Gasteiger partial charge in [0.2, 0.25) is 11.2 Å². The van der Waals surface area contributed by atoms with Gasteiger partial charge in [0, 0.05) is 25.3 Å². The topological polar surface area (TPSA) is 110 Å². The van der Waals surface area contributed by atoms with Gasteiger partial charge in [0.15, 0.2) is 11.6 Å². The molecule has 2 heterocycles. The number of ether oxygens (including phenoxy) is 2. The van der Waals surface area contributed by atoms with Crippen molar-refractivity contribution >= 4 is 29.3 Å². The number of fused-ring (bicyclic) bond motifs is 1. The van der Waals surface area contributed by atoms with E-state index >= 15 is 0 Å². The van der Waals surface area contributed by atoms with Crippen molar-refractivity contribution in [3.8, 4) is 5.75 Å². The Balaban J connectivity index is 0.00000361. The lowest BCUT2D eigenvalue weighted by Crippen LogP contribution is -2.35. The highest BCUT2D eigenvalue weighted by molar-refractivity contribution is 5.95. The van der Waals surface area contributed by atoms with Crippen molar-refractivity contribution in [3.63, 3.8) is 0 Å². The van der Waals surface area contributed by atoms with Crippen molar-refractivity contribution in [2.24, 2.45) is 0 Å². The summed E-state index contributed by atoms with van der Waals surface area (Å²) in [5.74, 6) is -3.92. The highest BCUT2D eigenvalue weighted by Crippen LogP contribution is 2.31. The van der Waals surface area contributed by atoms with E-state index in [-0.39, 0.29) is 61.6 Å². The number of aliphatic hydroxyl groups is 2. The molecule has 11 heteroatoms. The fraction of sp³-hybridized carbons (Fsp3) is 0.360. The summed E-state index contributed by atoms with van der Waals surface area (Å²) < 4.78 is 41.6. The first-order chi connectivity index (χ1) is 16.8. The van der Waals surface area contributed by atoms with Crippen LogP contribution in [0.3, 0.4) is 0 Å². The van der Waals surface area contributed by atoms with Gasteiger partial charge in [-0.15, -0.1) is 12.4 Å². The zero-order chi connectivity index (χ0) is 25.2. The molecule has 4 rings (SSSR count). The molecular weight excluding hydrogens is 498 g/mol. The maximum Gasteiger partial charge on any atom is 0.343 e. The number of carbonyl (C=O) groups excluding carboxylic acids is 1. The zero-order valence-electron chi connectivity index (χ0n) is 19.5. The van der Waals surface area contributed by atoms with Crippen LogP contribution in [0.2, 0.25) is 0 Å². The Morgan fingerprint density at radius 1 is 1.28 bits per heavy atom. The quantitative estimate of drug-likeness (QED) is 0.388. The van der Waals surface area contributed by atoms with Gasteiger partial charge in [-0.25, -0.2) is 9.18 Å². The highest BCUT2D eigenvalue weighted by Gasteiger charge is 2.37. The van der Waals surface area contributed by atoms with Crippen LogP contribution in [0.4, 0.5) is 8.78 Å². The average molecular weight is 525 g/mol. The molecule has 0 radical (unpaired) electrons. The average Bonchev–Trinajstić information content (AvgIpc) is 3.25. The SMILES string of the molecule is CCn1cc(C(=O)OCc2ccccc2)c(=O)c2cc(F)c(F)c(OC[C@@H]3C[C@@](O)(CO)CN3)c21.Cl. The third-order valence-corrected chi connectivity index (χ3v) is 6.05. The van der Waals surface area contributed by atoms with Crippen LogP contribution in [0.5, 0.6) is 5.75 Å². The number of aryl methyl sites for hydroxylation is 1. The minimum atomic E-state index is -1.32. The molecule has 1 aromatic heterocycles.